The number of aliphatic hydroxyl groups is 1. The molecule has 1 fully saturated rings. The molecule has 0 saturated carbocycles. The van der Waals surface area contributed by atoms with Crippen LogP contribution in [0, 0.1) is 5.82 Å². The zero-order valence-electron chi connectivity index (χ0n) is 11.6. The van der Waals surface area contributed by atoms with Gasteiger partial charge in [-0.2, -0.15) is 0 Å². The standard InChI is InChI=1S/C14H19BrFN3O2/c15-12-10(14(17)18-21)4-5-11(13(12)16)19-7-2-1-3-9(19)6-8-20/h4-5,9,20-21H,1-3,6-8H2,(H2,17,18). The molecule has 1 unspecified atom stereocenters. The van der Waals surface area contributed by atoms with Crippen LogP contribution < -0.4 is 10.6 Å². The molecule has 1 aliphatic rings. The molecule has 0 spiro atoms. The van der Waals surface area contributed by atoms with E-state index in [1.54, 1.807) is 12.1 Å². The van der Waals surface area contributed by atoms with E-state index in [1.807, 2.05) is 4.90 Å². The highest BCUT2D eigenvalue weighted by Gasteiger charge is 2.26. The van der Waals surface area contributed by atoms with Crippen LogP contribution in [0.1, 0.15) is 31.2 Å². The number of hydrogen-bond acceptors (Lipinski definition) is 4. The second-order valence-electron chi connectivity index (χ2n) is 5.10. The number of nitrogens with zero attached hydrogens (tertiary/aromatic N) is 2. The smallest absolute Gasteiger partial charge is 0.171 e. The average molecular weight is 360 g/mol. The molecule has 1 aliphatic heterocycles. The van der Waals surface area contributed by atoms with Gasteiger partial charge >= 0.3 is 0 Å². The molecule has 1 atom stereocenters. The molecule has 1 heterocycles. The van der Waals surface area contributed by atoms with Crippen LogP contribution in [0.3, 0.4) is 0 Å². The fraction of sp³-hybridized carbons (Fsp3) is 0.500. The number of oxime groups is 1. The Kier molecular flexibility index (Phi) is 5.41. The van der Waals surface area contributed by atoms with Crippen LogP contribution in [0.15, 0.2) is 21.8 Å². The minimum Gasteiger partial charge on any atom is -0.409 e. The highest BCUT2D eigenvalue weighted by Crippen LogP contribution is 2.33. The summed E-state index contributed by atoms with van der Waals surface area (Å²) in [6.45, 7) is 0.850. The van der Waals surface area contributed by atoms with E-state index < -0.39 is 5.82 Å². The van der Waals surface area contributed by atoms with Crippen molar-refractivity contribution >= 4 is 27.5 Å². The van der Waals surface area contributed by atoms with Gasteiger partial charge in [0.2, 0.25) is 0 Å². The van der Waals surface area contributed by atoms with Gasteiger partial charge in [0.1, 0.15) is 0 Å². The number of anilines is 1. The minimum absolute atomic E-state index is 0.0894. The summed E-state index contributed by atoms with van der Waals surface area (Å²) in [5.74, 6) is -0.568. The Labute approximate surface area is 131 Å². The zero-order chi connectivity index (χ0) is 15.4. The third-order valence-corrected chi connectivity index (χ3v) is 4.62. The largest absolute Gasteiger partial charge is 0.409 e. The Balaban J connectivity index is 2.37. The summed E-state index contributed by atoms with van der Waals surface area (Å²) in [6.07, 6.45) is 3.66. The highest BCUT2D eigenvalue weighted by molar-refractivity contribution is 9.10. The van der Waals surface area contributed by atoms with E-state index in [0.29, 0.717) is 17.7 Å². The Bertz CT molecular complexity index is 537. The van der Waals surface area contributed by atoms with Crippen molar-refractivity contribution in [1.29, 1.82) is 0 Å². The van der Waals surface area contributed by atoms with Crippen molar-refractivity contribution < 1.29 is 14.7 Å². The first-order valence-corrected chi connectivity index (χ1v) is 7.72. The lowest BCUT2D eigenvalue weighted by Crippen LogP contribution is -2.40. The number of piperidine rings is 1. The Morgan fingerprint density at radius 2 is 2.24 bits per heavy atom. The molecule has 7 heteroatoms. The van der Waals surface area contributed by atoms with Gasteiger partial charge in [0, 0.05) is 24.8 Å². The van der Waals surface area contributed by atoms with Crippen molar-refractivity contribution in [2.75, 3.05) is 18.1 Å². The number of hydrogen-bond donors (Lipinski definition) is 3. The van der Waals surface area contributed by atoms with Crippen LogP contribution in [0.5, 0.6) is 0 Å². The topological polar surface area (TPSA) is 82.1 Å². The molecular formula is C14H19BrFN3O2. The Morgan fingerprint density at radius 3 is 2.90 bits per heavy atom. The van der Waals surface area contributed by atoms with E-state index in [9.17, 15) is 4.39 Å². The van der Waals surface area contributed by atoms with E-state index in [2.05, 4.69) is 21.1 Å². The van der Waals surface area contributed by atoms with E-state index >= 15 is 0 Å². The lowest BCUT2D eigenvalue weighted by molar-refractivity contribution is 0.262. The summed E-state index contributed by atoms with van der Waals surface area (Å²) in [5, 5.41) is 20.8. The molecule has 1 aromatic rings. The number of benzene rings is 1. The number of halogens is 2. The summed E-state index contributed by atoms with van der Waals surface area (Å²) in [7, 11) is 0. The second-order valence-corrected chi connectivity index (χ2v) is 5.89. The highest BCUT2D eigenvalue weighted by atomic mass is 79.9. The third-order valence-electron chi connectivity index (χ3n) is 3.84. The normalized spacial score (nSPS) is 19.9. The number of nitrogens with two attached hydrogens (primary N) is 1. The van der Waals surface area contributed by atoms with E-state index in [4.69, 9.17) is 16.0 Å². The minimum atomic E-state index is -0.427. The lowest BCUT2D eigenvalue weighted by atomic mass is 9.98. The average Bonchev–Trinajstić information content (AvgIpc) is 2.50. The van der Waals surface area contributed by atoms with Gasteiger partial charge < -0.3 is 20.9 Å². The van der Waals surface area contributed by atoms with Gasteiger partial charge in [0.25, 0.3) is 0 Å². The Morgan fingerprint density at radius 1 is 1.48 bits per heavy atom. The van der Waals surface area contributed by atoms with Gasteiger partial charge in [-0.1, -0.05) is 5.16 Å². The van der Waals surface area contributed by atoms with E-state index in [-0.39, 0.29) is 23.0 Å². The van der Waals surface area contributed by atoms with Crippen molar-refractivity contribution in [3.05, 3.63) is 28.0 Å². The molecule has 0 aliphatic carbocycles. The maximum Gasteiger partial charge on any atom is 0.171 e. The predicted octanol–water partition coefficient (Wildman–Crippen LogP) is 2.42. The first kappa shape index (κ1) is 16.0. The molecule has 0 aromatic heterocycles. The second kappa shape index (κ2) is 7.09. The van der Waals surface area contributed by atoms with E-state index in [0.717, 1.165) is 25.8 Å². The lowest BCUT2D eigenvalue weighted by Gasteiger charge is -2.37. The summed E-state index contributed by atoms with van der Waals surface area (Å²) in [6, 6.07) is 3.41. The first-order valence-electron chi connectivity index (χ1n) is 6.93. The van der Waals surface area contributed by atoms with Crippen molar-refractivity contribution in [2.24, 2.45) is 10.9 Å². The summed E-state index contributed by atoms with van der Waals surface area (Å²) < 4.78 is 14.8. The van der Waals surface area contributed by atoms with Gasteiger partial charge in [-0.3, -0.25) is 0 Å². The molecule has 1 saturated heterocycles. The quantitative estimate of drug-likeness (QED) is 0.333. The fourth-order valence-electron chi connectivity index (χ4n) is 2.78. The van der Waals surface area contributed by atoms with Crippen LogP contribution in [0.2, 0.25) is 0 Å². The maximum atomic E-state index is 14.6. The fourth-order valence-corrected chi connectivity index (χ4v) is 3.32. The van der Waals surface area contributed by atoms with Crippen molar-refractivity contribution in [3.8, 4) is 0 Å². The van der Waals surface area contributed by atoms with Crippen LogP contribution >= 0.6 is 15.9 Å². The van der Waals surface area contributed by atoms with Gasteiger partial charge in [0.15, 0.2) is 11.7 Å². The Hall–Kier alpha value is -1.34. The van der Waals surface area contributed by atoms with Crippen molar-refractivity contribution in [3.63, 3.8) is 0 Å². The van der Waals surface area contributed by atoms with Crippen LogP contribution in [-0.4, -0.2) is 35.3 Å². The molecule has 0 amide bonds. The monoisotopic (exact) mass is 359 g/mol. The number of rotatable bonds is 4. The van der Waals surface area contributed by atoms with Crippen molar-refractivity contribution in [2.45, 2.75) is 31.7 Å². The molecular weight excluding hydrogens is 341 g/mol. The number of aliphatic hydroxyl groups excluding tert-OH is 1. The molecule has 1 aromatic carbocycles. The van der Waals surface area contributed by atoms with Gasteiger partial charge in [-0.25, -0.2) is 4.39 Å². The first-order chi connectivity index (χ1) is 10.1. The SMILES string of the molecule is N/C(=N/O)c1ccc(N2CCCCC2CCO)c(F)c1Br. The van der Waals surface area contributed by atoms with Gasteiger partial charge in [0.05, 0.1) is 10.2 Å². The maximum absolute atomic E-state index is 14.6. The zero-order valence-corrected chi connectivity index (χ0v) is 13.2. The molecule has 0 bridgehead atoms. The number of amidine groups is 1. The van der Waals surface area contributed by atoms with Gasteiger partial charge in [-0.05, 0) is 53.7 Å². The van der Waals surface area contributed by atoms with Crippen LogP contribution in [-0.2, 0) is 0 Å². The summed E-state index contributed by atoms with van der Waals surface area (Å²) in [5.41, 5.74) is 6.32. The van der Waals surface area contributed by atoms with Crippen molar-refractivity contribution in [1.82, 2.24) is 0 Å². The molecule has 2 rings (SSSR count). The van der Waals surface area contributed by atoms with Crippen LogP contribution in [0.4, 0.5) is 10.1 Å². The van der Waals surface area contributed by atoms with E-state index in [1.165, 1.54) is 0 Å². The van der Waals surface area contributed by atoms with Crippen LogP contribution in [0.25, 0.3) is 0 Å². The summed E-state index contributed by atoms with van der Waals surface area (Å²) >= 11 is 3.18. The molecule has 21 heavy (non-hydrogen) atoms. The molecule has 0 radical (unpaired) electrons. The summed E-state index contributed by atoms with van der Waals surface area (Å²) in [4.78, 5) is 2.00. The third kappa shape index (κ3) is 3.29. The molecule has 5 nitrogen and oxygen atoms in total. The predicted molar refractivity (Wildman–Crippen MR) is 83.3 cm³/mol. The van der Waals surface area contributed by atoms with Gasteiger partial charge in [-0.15, -0.1) is 0 Å². The molecule has 4 N–H and O–H groups in total. The molecule has 116 valence electrons.